The minimum Gasteiger partial charge on any atom is -0.598 e. The van der Waals surface area contributed by atoms with Gasteiger partial charge in [0.05, 0.1) is 6.04 Å². The Morgan fingerprint density at radius 1 is 1.25 bits per heavy atom. The zero-order chi connectivity index (χ0) is 13.0. The van der Waals surface area contributed by atoms with Crippen molar-refractivity contribution in [3.63, 3.8) is 0 Å². The van der Waals surface area contributed by atoms with E-state index in [1.807, 2.05) is 0 Å². The van der Waals surface area contributed by atoms with Crippen LogP contribution < -0.4 is 4.72 Å². The number of rotatable bonds is 5. The molecule has 0 aromatic rings. The SMILES string of the molecule is CC[C@H](CCC(F)(F)F)N[S+]([O-])C(C)(C)C. The van der Waals surface area contributed by atoms with Gasteiger partial charge in [0.25, 0.3) is 0 Å². The van der Waals surface area contributed by atoms with Crippen molar-refractivity contribution >= 4 is 11.4 Å². The van der Waals surface area contributed by atoms with Gasteiger partial charge in [0.1, 0.15) is 4.75 Å². The summed E-state index contributed by atoms with van der Waals surface area (Å²) in [4.78, 5) is 0. The first kappa shape index (κ1) is 16.1. The highest BCUT2D eigenvalue weighted by molar-refractivity contribution is 7.90. The fourth-order valence-corrected chi connectivity index (χ4v) is 1.95. The van der Waals surface area contributed by atoms with Gasteiger partial charge in [-0.25, -0.2) is 0 Å². The average Bonchev–Trinajstić information content (AvgIpc) is 2.08. The Kier molecular flexibility index (Phi) is 6.14. The van der Waals surface area contributed by atoms with Crippen LogP contribution in [0.4, 0.5) is 13.2 Å². The molecule has 0 radical (unpaired) electrons. The fraction of sp³-hybridized carbons (Fsp3) is 1.00. The number of alkyl halides is 3. The zero-order valence-corrected chi connectivity index (χ0v) is 11.0. The van der Waals surface area contributed by atoms with Crippen molar-refractivity contribution < 1.29 is 17.7 Å². The summed E-state index contributed by atoms with van der Waals surface area (Å²) in [6.07, 6.45) is -4.46. The van der Waals surface area contributed by atoms with Crippen LogP contribution in [0.5, 0.6) is 0 Å². The van der Waals surface area contributed by atoms with Crippen LogP contribution in [0.3, 0.4) is 0 Å². The van der Waals surface area contributed by atoms with Crippen molar-refractivity contribution in [2.24, 2.45) is 0 Å². The maximum atomic E-state index is 12.0. The second-order valence-corrected chi connectivity index (χ2v) is 6.76. The number of halogens is 3. The third-order valence-electron chi connectivity index (χ3n) is 2.10. The van der Waals surface area contributed by atoms with Crippen LogP contribution in [0.2, 0.25) is 0 Å². The van der Waals surface area contributed by atoms with E-state index in [4.69, 9.17) is 0 Å². The minimum absolute atomic E-state index is 0.0260. The molecule has 2 nitrogen and oxygen atoms in total. The molecule has 0 aromatic carbocycles. The number of hydrogen-bond acceptors (Lipinski definition) is 2. The molecule has 6 heteroatoms. The van der Waals surface area contributed by atoms with Gasteiger partial charge in [-0.15, -0.1) is 4.72 Å². The number of hydrogen-bond donors (Lipinski definition) is 1. The second-order valence-electron chi connectivity index (χ2n) is 4.76. The third kappa shape index (κ3) is 7.35. The topological polar surface area (TPSA) is 35.1 Å². The van der Waals surface area contributed by atoms with Crippen LogP contribution in [0.15, 0.2) is 0 Å². The van der Waals surface area contributed by atoms with E-state index >= 15 is 0 Å². The molecule has 0 fully saturated rings. The fourth-order valence-electron chi connectivity index (χ4n) is 1.01. The van der Waals surface area contributed by atoms with Gasteiger partial charge in [0.2, 0.25) is 0 Å². The van der Waals surface area contributed by atoms with Gasteiger partial charge in [-0.2, -0.15) is 13.2 Å². The normalized spacial score (nSPS) is 17.2. The maximum absolute atomic E-state index is 12.0. The highest BCUT2D eigenvalue weighted by Crippen LogP contribution is 2.24. The minimum atomic E-state index is -4.14. The van der Waals surface area contributed by atoms with Gasteiger partial charge in [-0.1, -0.05) is 6.92 Å². The lowest BCUT2D eigenvalue weighted by molar-refractivity contribution is -0.136. The van der Waals surface area contributed by atoms with Gasteiger partial charge in [-0.3, -0.25) is 0 Å². The molecule has 1 unspecified atom stereocenters. The highest BCUT2D eigenvalue weighted by atomic mass is 32.2. The molecule has 98 valence electrons. The molecule has 16 heavy (non-hydrogen) atoms. The Morgan fingerprint density at radius 3 is 2.06 bits per heavy atom. The zero-order valence-electron chi connectivity index (χ0n) is 10.1. The summed E-state index contributed by atoms with van der Waals surface area (Å²) < 4.78 is 50.0. The quantitative estimate of drug-likeness (QED) is 0.770. The molecule has 0 bridgehead atoms. The molecular weight excluding hydrogens is 239 g/mol. The summed E-state index contributed by atoms with van der Waals surface area (Å²) in [5, 5.41) is 0. The van der Waals surface area contributed by atoms with Crippen LogP contribution in [-0.4, -0.2) is 21.5 Å². The van der Waals surface area contributed by atoms with Crippen molar-refractivity contribution in [3.8, 4) is 0 Å². The number of nitrogens with one attached hydrogen (secondary N) is 1. The largest absolute Gasteiger partial charge is 0.598 e. The highest BCUT2D eigenvalue weighted by Gasteiger charge is 2.32. The Morgan fingerprint density at radius 2 is 1.75 bits per heavy atom. The molecule has 0 spiro atoms. The standard InChI is InChI=1S/C10H20F3NOS/c1-5-8(6-7-10(11,12)13)14-16(15)9(2,3)4/h8,14H,5-7H2,1-4H3/t8-,16?/m1/s1. The molecule has 0 saturated heterocycles. The van der Waals surface area contributed by atoms with Gasteiger partial charge in [-0.05, 0) is 33.6 Å². The summed E-state index contributed by atoms with van der Waals surface area (Å²) in [5.74, 6) is 0. The van der Waals surface area contributed by atoms with Gasteiger partial charge in [0, 0.05) is 17.8 Å². The summed E-state index contributed by atoms with van der Waals surface area (Å²) in [6, 6.07) is -0.346. The molecule has 0 aliphatic rings. The van der Waals surface area contributed by atoms with E-state index in [9.17, 15) is 17.7 Å². The first-order valence-electron chi connectivity index (χ1n) is 5.31. The van der Waals surface area contributed by atoms with Crippen molar-refractivity contribution in [1.29, 1.82) is 0 Å². The lowest BCUT2D eigenvalue weighted by atomic mass is 10.1. The van der Waals surface area contributed by atoms with E-state index in [0.717, 1.165) is 0 Å². The maximum Gasteiger partial charge on any atom is 0.389 e. The molecule has 2 atom stereocenters. The lowest BCUT2D eigenvalue weighted by Crippen LogP contribution is -2.44. The van der Waals surface area contributed by atoms with Crippen LogP contribution in [0.25, 0.3) is 0 Å². The molecule has 0 heterocycles. The van der Waals surface area contributed by atoms with Gasteiger partial charge < -0.3 is 4.55 Å². The molecular formula is C10H20F3NOS. The molecule has 1 N–H and O–H groups in total. The van der Waals surface area contributed by atoms with Crippen LogP contribution in [-0.2, 0) is 11.4 Å². The van der Waals surface area contributed by atoms with Crippen LogP contribution in [0.1, 0.15) is 47.0 Å². The molecule has 0 aromatic heterocycles. The molecule has 0 aliphatic carbocycles. The second kappa shape index (κ2) is 6.12. The van der Waals surface area contributed by atoms with E-state index in [1.165, 1.54) is 0 Å². The van der Waals surface area contributed by atoms with Crippen LogP contribution in [0, 0.1) is 0 Å². The Balaban J connectivity index is 4.11. The van der Waals surface area contributed by atoms with Crippen molar-refractivity contribution in [1.82, 2.24) is 4.72 Å². The van der Waals surface area contributed by atoms with E-state index in [2.05, 4.69) is 4.72 Å². The van der Waals surface area contributed by atoms with Crippen molar-refractivity contribution in [2.45, 2.75) is 63.9 Å². The summed E-state index contributed by atoms with van der Waals surface area (Å²) >= 11 is -1.31. The predicted octanol–water partition coefficient (Wildman–Crippen LogP) is 3.16. The van der Waals surface area contributed by atoms with E-state index in [1.54, 1.807) is 27.7 Å². The Labute approximate surface area is 98.3 Å². The Bertz CT molecular complexity index is 203. The van der Waals surface area contributed by atoms with E-state index in [0.29, 0.717) is 6.42 Å². The first-order valence-corrected chi connectivity index (χ1v) is 6.46. The van der Waals surface area contributed by atoms with Gasteiger partial charge >= 0.3 is 6.18 Å². The van der Waals surface area contributed by atoms with Crippen molar-refractivity contribution in [2.75, 3.05) is 0 Å². The smallest absolute Gasteiger partial charge is 0.389 e. The van der Waals surface area contributed by atoms with Crippen molar-refractivity contribution in [3.05, 3.63) is 0 Å². The predicted molar refractivity (Wildman–Crippen MR) is 60.4 cm³/mol. The summed E-state index contributed by atoms with van der Waals surface area (Å²) in [6.45, 7) is 7.14. The monoisotopic (exact) mass is 259 g/mol. The molecule has 0 aliphatic heterocycles. The van der Waals surface area contributed by atoms with Crippen LogP contribution >= 0.6 is 0 Å². The van der Waals surface area contributed by atoms with E-state index < -0.39 is 28.7 Å². The first-order chi connectivity index (χ1) is 7.06. The average molecular weight is 259 g/mol. The third-order valence-corrected chi connectivity index (χ3v) is 3.76. The summed E-state index contributed by atoms with van der Waals surface area (Å²) in [7, 11) is 0. The lowest BCUT2D eigenvalue weighted by Gasteiger charge is -2.27. The van der Waals surface area contributed by atoms with E-state index in [-0.39, 0.29) is 12.5 Å². The molecule has 0 rings (SSSR count). The summed E-state index contributed by atoms with van der Waals surface area (Å²) in [5.41, 5.74) is 0. The molecule has 0 saturated carbocycles. The van der Waals surface area contributed by atoms with Gasteiger partial charge in [0.15, 0.2) is 0 Å². The molecule has 0 amide bonds. The Hall–Kier alpha value is 0.0600.